The minimum absolute atomic E-state index is 0.0976. The monoisotopic (exact) mass is 381 g/mol. The number of nitrogens with two attached hydrogens (primary N) is 1. The van der Waals surface area contributed by atoms with Crippen LogP contribution in [0.5, 0.6) is 5.75 Å². The maximum absolute atomic E-state index is 12.7. The van der Waals surface area contributed by atoms with Crippen molar-refractivity contribution in [3.05, 3.63) is 23.8 Å². The molecule has 1 amide bonds. The normalized spacial score (nSPS) is 23.9. The van der Waals surface area contributed by atoms with Crippen LogP contribution in [-0.4, -0.2) is 52.0 Å². The topological polar surface area (TPSA) is 102 Å². The molecule has 1 aromatic rings. The van der Waals surface area contributed by atoms with Gasteiger partial charge in [0.15, 0.2) is 0 Å². The minimum Gasteiger partial charge on any atom is -0.496 e. The number of fused-ring (bicyclic) bond motifs is 1. The lowest BCUT2D eigenvalue weighted by molar-refractivity contribution is 0.0575. The third-order valence-corrected chi connectivity index (χ3v) is 6.41. The molecular formula is C18H27N3O4S. The number of carbonyl (C=O) groups excluding carboxylic acids is 1. The fourth-order valence-corrected chi connectivity index (χ4v) is 4.72. The van der Waals surface area contributed by atoms with Crippen LogP contribution < -0.4 is 15.2 Å². The number of piperidine rings is 2. The molecule has 8 heteroatoms. The van der Waals surface area contributed by atoms with Crippen LogP contribution in [0, 0.1) is 5.92 Å². The molecule has 2 heterocycles. The summed E-state index contributed by atoms with van der Waals surface area (Å²) in [4.78, 5) is 15.1. The van der Waals surface area contributed by atoms with Gasteiger partial charge in [0, 0.05) is 12.6 Å². The van der Waals surface area contributed by atoms with Crippen LogP contribution >= 0.6 is 0 Å². The lowest BCUT2D eigenvalue weighted by Gasteiger charge is -2.44. The molecule has 0 radical (unpaired) electrons. The van der Waals surface area contributed by atoms with E-state index in [-0.39, 0.29) is 16.4 Å². The van der Waals surface area contributed by atoms with E-state index in [4.69, 9.17) is 9.88 Å². The molecular weight excluding hydrogens is 354 g/mol. The van der Waals surface area contributed by atoms with E-state index >= 15 is 0 Å². The Morgan fingerprint density at radius 1 is 1.27 bits per heavy atom. The van der Waals surface area contributed by atoms with E-state index in [1.807, 2.05) is 0 Å². The summed E-state index contributed by atoms with van der Waals surface area (Å²) in [5.41, 5.74) is 0.190. The molecule has 0 spiro atoms. The van der Waals surface area contributed by atoms with Crippen LogP contribution in [0.4, 0.5) is 0 Å². The van der Waals surface area contributed by atoms with Crippen molar-refractivity contribution in [2.45, 2.75) is 43.0 Å². The molecule has 2 fully saturated rings. The summed E-state index contributed by atoms with van der Waals surface area (Å²) in [7, 11) is -2.43. The van der Waals surface area contributed by atoms with Gasteiger partial charge in [-0.25, -0.2) is 13.6 Å². The summed E-state index contributed by atoms with van der Waals surface area (Å²) in [5, 5.41) is 8.15. The maximum atomic E-state index is 12.7. The van der Waals surface area contributed by atoms with E-state index < -0.39 is 10.0 Å². The van der Waals surface area contributed by atoms with Gasteiger partial charge < -0.3 is 15.0 Å². The molecule has 0 aliphatic carbocycles. The average molecular weight is 381 g/mol. The van der Waals surface area contributed by atoms with Crippen molar-refractivity contribution in [2.75, 3.05) is 26.7 Å². The Labute approximate surface area is 154 Å². The number of carbonyl (C=O) groups is 1. The Morgan fingerprint density at radius 3 is 2.77 bits per heavy atom. The van der Waals surface area contributed by atoms with Crippen molar-refractivity contribution >= 4 is 15.9 Å². The van der Waals surface area contributed by atoms with Crippen molar-refractivity contribution in [1.29, 1.82) is 0 Å². The number of benzene rings is 1. The number of rotatable bonds is 5. The van der Waals surface area contributed by atoms with E-state index in [1.54, 1.807) is 0 Å². The number of nitrogens with one attached hydrogen (secondary N) is 1. The van der Waals surface area contributed by atoms with Crippen LogP contribution in [-0.2, 0) is 10.0 Å². The minimum atomic E-state index is -3.88. The highest BCUT2D eigenvalue weighted by atomic mass is 32.2. The number of hydrogen-bond donors (Lipinski definition) is 2. The highest BCUT2D eigenvalue weighted by Gasteiger charge is 2.33. The molecule has 2 aliphatic heterocycles. The first kappa shape index (κ1) is 19.1. The molecule has 2 aliphatic rings. The molecule has 144 valence electrons. The Hall–Kier alpha value is -1.64. The Kier molecular flexibility index (Phi) is 5.84. The van der Waals surface area contributed by atoms with Gasteiger partial charge in [-0.3, -0.25) is 4.79 Å². The summed E-state index contributed by atoms with van der Waals surface area (Å²) in [6, 6.07) is 4.61. The molecule has 0 aromatic heterocycles. The van der Waals surface area contributed by atoms with Gasteiger partial charge in [-0.2, -0.15) is 0 Å². The molecule has 26 heavy (non-hydrogen) atoms. The van der Waals surface area contributed by atoms with E-state index in [9.17, 15) is 13.2 Å². The van der Waals surface area contributed by atoms with Gasteiger partial charge >= 0.3 is 0 Å². The third-order valence-electron chi connectivity index (χ3n) is 5.50. The fourth-order valence-electron chi connectivity index (χ4n) is 4.18. The Bertz CT molecular complexity index is 764. The molecule has 1 aromatic carbocycles. The van der Waals surface area contributed by atoms with E-state index in [0.717, 1.165) is 25.9 Å². The summed E-state index contributed by atoms with van der Waals surface area (Å²) in [6.45, 7) is 2.89. The lowest BCUT2D eigenvalue weighted by Crippen LogP contribution is -2.51. The van der Waals surface area contributed by atoms with Gasteiger partial charge in [0.2, 0.25) is 10.0 Å². The molecule has 7 nitrogen and oxygen atoms in total. The van der Waals surface area contributed by atoms with Gasteiger partial charge in [0.1, 0.15) is 5.75 Å². The second-order valence-corrected chi connectivity index (χ2v) is 8.68. The summed E-state index contributed by atoms with van der Waals surface area (Å²) in [6.07, 6.45) is 5.95. The van der Waals surface area contributed by atoms with Gasteiger partial charge in [-0.1, -0.05) is 6.42 Å². The lowest BCUT2D eigenvalue weighted by atomic mass is 9.83. The predicted molar refractivity (Wildman–Crippen MR) is 98.6 cm³/mol. The van der Waals surface area contributed by atoms with Gasteiger partial charge in [0.05, 0.1) is 17.6 Å². The van der Waals surface area contributed by atoms with Crippen molar-refractivity contribution in [3.63, 3.8) is 0 Å². The highest BCUT2D eigenvalue weighted by Crippen LogP contribution is 2.30. The first-order chi connectivity index (χ1) is 12.4. The van der Waals surface area contributed by atoms with Gasteiger partial charge in [-0.05, 0) is 62.9 Å². The van der Waals surface area contributed by atoms with E-state index in [0.29, 0.717) is 24.3 Å². The zero-order chi connectivity index (χ0) is 18.7. The van der Waals surface area contributed by atoms with Gasteiger partial charge in [-0.15, -0.1) is 0 Å². The van der Waals surface area contributed by atoms with Gasteiger partial charge in [0.25, 0.3) is 5.91 Å². The second kappa shape index (κ2) is 7.94. The molecule has 2 saturated heterocycles. The number of nitrogens with zero attached hydrogens (tertiary/aromatic N) is 1. The molecule has 0 saturated carbocycles. The number of amides is 1. The first-order valence-corrected chi connectivity index (χ1v) is 10.7. The summed E-state index contributed by atoms with van der Waals surface area (Å²) < 4.78 is 28.3. The maximum Gasteiger partial charge on any atom is 0.255 e. The number of primary sulfonamides is 1. The zero-order valence-electron chi connectivity index (χ0n) is 15.1. The molecule has 2 atom stereocenters. The summed E-state index contributed by atoms with van der Waals surface area (Å²) >= 11 is 0. The molecule has 3 N–H and O–H groups in total. The number of ether oxygens (including phenoxy) is 1. The van der Waals surface area contributed by atoms with E-state index in [1.165, 1.54) is 44.6 Å². The first-order valence-electron chi connectivity index (χ1n) is 9.13. The number of sulfonamides is 1. The molecule has 3 rings (SSSR count). The van der Waals surface area contributed by atoms with Crippen molar-refractivity contribution in [3.8, 4) is 5.75 Å². The van der Waals surface area contributed by atoms with Crippen molar-refractivity contribution in [1.82, 2.24) is 10.2 Å². The third kappa shape index (κ3) is 4.19. The standard InChI is InChI=1S/C18H27N3O4S/c1-25-17-8-7-14(26(19,23)24)11-15(17)18(22)20-12-13-5-4-10-21-9-3-2-6-16(13)21/h7-8,11,13,16H,2-6,9-10,12H2,1H3,(H,20,22)(H2,19,23,24)/t13-,16+/m0/s1. The SMILES string of the molecule is COc1ccc(S(N)(=O)=O)cc1C(=O)NC[C@@H]1CCCN2CCCC[C@H]12. The quantitative estimate of drug-likeness (QED) is 0.801. The smallest absolute Gasteiger partial charge is 0.255 e. The predicted octanol–water partition coefficient (Wildman–Crippen LogP) is 1.34. The van der Waals surface area contributed by atoms with Crippen LogP contribution in [0.2, 0.25) is 0 Å². The van der Waals surface area contributed by atoms with E-state index in [2.05, 4.69) is 10.2 Å². The van der Waals surface area contributed by atoms with Crippen molar-refractivity contribution in [2.24, 2.45) is 11.1 Å². The van der Waals surface area contributed by atoms with Crippen LogP contribution in [0.1, 0.15) is 42.5 Å². The molecule has 0 bridgehead atoms. The van der Waals surface area contributed by atoms with Crippen molar-refractivity contribution < 1.29 is 17.9 Å². The van der Waals surface area contributed by atoms with Crippen LogP contribution in [0.15, 0.2) is 23.1 Å². The molecule has 0 unspecified atom stereocenters. The largest absolute Gasteiger partial charge is 0.496 e. The average Bonchev–Trinajstić information content (AvgIpc) is 2.64. The van der Waals surface area contributed by atoms with Crippen LogP contribution in [0.25, 0.3) is 0 Å². The highest BCUT2D eigenvalue weighted by molar-refractivity contribution is 7.89. The number of methoxy groups -OCH3 is 1. The zero-order valence-corrected chi connectivity index (χ0v) is 15.9. The van der Waals surface area contributed by atoms with Crippen LogP contribution in [0.3, 0.4) is 0 Å². The fraction of sp³-hybridized carbons (Fsp3) is 0.611. The second-order valence-electron chi connectivity index (χ2n) is 7.12. The Morgan fingerprint density at radius 2 is 2.04 bits per heavy atom. The summed E-state index contributed by atoms with van der Waals surface area (Å²) in [5.74, 6) is 0.429. The Balaban J connectivity index is 1.71. The number of hydrogen-bond acceptors (Lipinski definition) is 5.